The Hall–Kier alpha value is -2.93. The fourth-order valence-electron chi connectivity index (χ4n) is 2.17. The monoisotopic (exact) mass is 355 g/mol. The summed E-state index contributed by atoms with van der Waals surface area (Å²) in [6, 6.07) is 14.8. The normalized spacial score (nSPS) is 11.8. The van der Waals surface area contributed by atoms with E-state index in [1.807, 2.05) is 37.3 Å². The van der Waals surface area contributed by atoms with Gasteiger partial charge in [0.1, 0.15) is 0 Å². The maximum absolute atomic E-state index is 11.2. The van der Waals surface area contributed by atoms with Gasteiger partial charge in [-0.05, 0) is 42.8 Å². The number of nitrogens with zero attached hydrogens (tertiary/aromatic N) is 2. The van der Waals surface area contributed by atoms with E-state index in [1.165, 1.54) is 5.56 Å². The molecule has 1 N–H and O–H groups in total. The van der Waals surface area contributed by atoms with Crippen molar-refractivity contribution in [1.29, 1.82) is 0 Å². The first-order valence-electron chi connectivity index (χ1n) is 7.56. The second kappa shape index (κ2) is 6.90. The SMILES string of the molecule is Cc1ccc(C=Cc2nc(-c3ccc(NS(C)(=O)=O)cc3)no2)cc1. The minimum atomic E-state index is -3.30. The van der Waals surface area contributed by atoms with Gasteiger partial charge in [0.15, 0.2) is 0 Å². The number of aromatic nitrogens is 2. The van der Waals surface area contributed by atoms with Crippen LogP contribution in [-0.2, 0) is 10.0 Å². The van der Waals surface area contributed by atoms with Gasteiger partial charge in [-0.2, -0.15) is 4.98 Å². The highest BCUT2D eigenvalue weighted by Gasteiger charge is 2.07. The van der Waals surface area contributed by atoms with E-state index >= 15 is 0 Å². The van der Waals surface area contributed by atoms with Crippen LogP contribution in [0.25, 0.3) is 23.5 Å². The second-order valence-corrected chi connectivity index (χ2v) is 7.40. The lowest BCUT2D eigenvalue weighted by molar-refractivity contribution is 0.411. The van der Waals surface area contributed by atoms with Gasteiger partial charge >= 0.3 is 0 Å². The van der Waals surface area contributed by atoms with Crippen LogP contribution < -0.4 is 4.72 Å². The Morgan fingerprint density at radius 2 is 1.68 bits per heavy atom. The average molecular weight is 355 g/mol. The van der Waals surface area contributed by atoms with Gasteiger partial charge in [-0.25, -0.2) is 8.42 Å². The van der Waals surface area contributed by atoms with E-state index in [0.717, 1.165) is 17.4 Å². The summed E-state index contributed by atoms with van der Waals surface area (Å²) in [7, 11) is -3.30. The molecule has 0 unspecified atom stereocenters. The maximum atomic E-state index is 11.2. The molecule has 3 aromatic rings. The van der Waals surface area contributed by atoms with E-state index in [0.29, 0.717) is 17.4 Å². The summed E-state index contributed by atoms with van der Waals surface area (Å²) in [6.45, 7) is 2.04. The molecule has 1 heterocycles. The number of sulfonamides is 1. The van der Waals surface area contributed by atoms with Crippen molar-refractivity contribution in [3.8, 4) is 11.4 Å². The molecule has 0 bridgehead atoms. The largest absolute Gasteiger partial charge is 0.334 e. The van der Waals surface area contributed by atoms with Crippen LogP contribution in [0, 0.1) is 6.92 Å². The van der Waals surface area contributed by atoms with Crippen LogP contribution in [-0.4, -0.2) is 24.8 Å². The summed E-state index contributed by atoms with van der Waals surface area (Å²) in [5.41, 5.74) is 3.46. The van der Waals surface area contributed by atoms with Crippen LogP contribution in [0.2, 0.25) is 0 Å². The van der Waals surface area contributed by atoms with Crippen LogP contribution in [0.1, 0.15) is 17.0 Å². The molecule has 3 rings (SSSR count). The van der Waals surface area contributed by atoms with Gasteiger partial charge in [0.2, 0.25) is 15.8 Å². The summed E-state index contributed by atoms with van der Waals surface area (Å²) in [5.74, 6) is 0.836. The molecule has 2 aromatic carbocycles. The molecule has 0 spiro atoms. The third kappa shape index (κ3) is 4.77. The number of nitrogens with one attached hydrogen (secondary N) is 1. The number of hydrogen-bond donors (Lipinski definition) is 1. The number of anilines is 1. The van der Waals surface area contributed by atoms with Gasteiger partial charge in [0.25, 0.3) is 5.89 Å². The van der Waals surface area contributed by atoms with Crippen molar-refractivity contribution in [3.63, 3.8) is 0 Å². The Morgan fingerprint density at radius 1 is 1.00 bits per heavy atom. The predicted molar refractivity (Wildman–Crippen MR) is 98.3 cm³/mol. The third-order valence-corrected chi connectivity index (χ3v) is 3.99. The highest BCUT2D eigenvalue weighted by atomic mass is 32.2. The molecular weight excluding hydrogens is 338 g/mol. The standard InChI is InChI=1S/C18H17N3O3S/c1-13-3-5-14(6-4-13)7-12-17-19-18(20-24-17)15-8-10-16(11-9-15)21-25(2,22)23/h3-12,21H,1-2H3. The molecular formula is C18H17N3O3S. The van der Waals surface area contributed by atoms with Gasteiger partial charge in [-0.15, -0.1) is 0 Å². The highest BCUT2D eigenvalue weighted by Crippen LogP contribution is 2.20. The smallest absolute Gasteiger partial charge is 0.250 e. The first-order valence-corrected chi connectivity index (χ1v) is 9.45. The van der Waals surface area contributed by atoms with Gasteiger partial charge in [-0.1, -0.05) is 35.0 Å². The van der Waals surface area contributed by atoms with E-state index < -0.39 is 10.0 Å². The maximum Gasteiger partial charge on any atom is 0.250 e. The number of hydrogen-bond acceptors (Lipinski definition) is 5. The zero-order valence-electron chi connectivity index (χ0n) is 13.8. The zero-order valence-corrected chi connectivity index (χ0v) is 14.6. The minimum absolute atomic E-state index is 0.397. The Balaban J connectivity index is 1.73. The van der Waals surface area contributed by atoms with Crippen LogP contribution >= 0.6 is 0 Å². The van der Waals surface area contributed by atoms with E-state index in [1.54, 1.807) is 30.3 Å². The fourth-order valence-corrected chi connectivity index (χ4v) is 2.73. The number of rotatable bonds is 5. The van der Waals surface area contributed by atoms with Gasteiger partial charge < -0.3 is 4.52 Å². The Bertz CT molecular complexity index is 989. The third-order valence-electron chi connectivity index (χ3n) is 3.38. The lowest BCUT2D eigenvalue weighted by atomic mass is 10.1. The van der Waals surface area contributed by atoms with Crippen LogP contribution in [0.4, 0.5) is 5.69 Å². The molecule has 0 aliphatic heterocycles. The molecule has 6 nitrogen and oxygen atoms in total. The van der Waals surface area contributed by atoms with Gasteiger partial charge in [0.05, 0.1) is 6.26 Å². The van der Waals surface area contributed by atoms with Crippen molar-refractivity contribution in [1.82, 2.24) is 10.1 Å². The quantitative estimate of drug-likeness (QED) is 0.756. The van der Waals surface area contributed by atoms with Gasteiger partial charge in [-0.3, -0.25) is 4.72 Å². The Morgan fingerprint density at radius 3 is 2.32 bits per heavy atom. The summed E-state index contributed by atoms with van der Waals surface area (Å²) in [5, 5.41) is 3.94. The molecule has 0 amide bonds. The van der Waals surface area contributed by atoms with E-state index in [9.17, 15) is 8.42 Å². The minimum Gasteiger partial charge on any atom is -0.334 e. The average Bonchev–Trinajstić information content (AvgIpc) is 3.02. The number of aryl methyl sites for hydroxylation is 1. The molecule has 1 aromatic heterocycles. The zero-order chi connectivity index (χ0) is 17.9. The number of benzene rings is 2. The molecule has 128 valence electrons. The second-order valence-electron chi connectivity index (χ2n) is 5.65. The molecule has 25 heavy (non-hydrogen) atoms. The lowest BCUT2D eigenvalue weighted by Crippen LogP contribution is -2.09. The Kier molecular flexibility index (Phi) is 4.67. The first-order chi connectivity index (χ1) is 11.9. The molecule has 0 atom stereocenters. The summed E-state index contributed by atoms with van der Waals surface area (Å²) >= 11 is 0. The lowest BCUT2D eigenvalue weighted by Gasteiger charge is -2.03. The first kappa shape index (κ1) is 16.9. The molecule has 0 saturated heterocycles. The topological polar surface area (TPSA) is 85.1 Å². The van der Waals surface area contributed by atoms with Crippen molar-refractivity contribution in [2.24, 2.45) is 0 Å². The predicted octanol–water partition coefficient (Wildman–Crippen LogP) is 3.59. The van der Waals surface area contributed by atoms with Crippen LogP contribution in [0.15, 0.2) is 53.1 Å². The summed E-state index contributed by atoms with van der Waals surface area (Å²) in [4.78, 5) is 4.31. The van der Waals surface area contributed by atoms with Crippen molar-refractivity contribution in [2.45, 2.75) is 6.92 Å². The molecule has 0 aliphatic carbocycles. The van der Waals surface area contributed by atoms with E-state index in [-0.39, 0.29) is 0 Å². The molecule has 0 radical (unpaired) electrons. The fraction of sp³-hybridized carbons (Fsp3) is 0.111. The summed E-state index contributed by atoms with van der Waals surface area (Å²) < 4.78 is 30.0. The van der Waals surface area contributed by atoms with Crippen LogP contribution in [0.5, 0.6) is 0 Å². The van der Waals surface area contributed by atoms with Crippen molar-refractivity contribution >= 4 is 27.9 Å². The van der Waals surface area contributed by atoms with Crippen molar-refractivity contribution in [2.75, 3.05) is 11.0 Å². The highest BCUT2D eigenvalue weighted by molar-refractivity contribution is 7.92. The van der Waals surface area contributed by atoms with Gasteiger partial charge in [0, 0.05) is 17.3 Å². The van der Waals surface area contributed by atoms with Crippen molar-refractivity contribution < 1.29 is 12.9 Å². The van der Waals surface area contributed by atoms with E-state index in [4.69, 9.17) is 4.52 Å². The Labute approximate surface area is 146 Å². The molecule has 0 fully saturated rings. The molecule has 0 saturated carbocycles. The van der Waals surface area contributed by atoms with E-state index in [2.05, 4.69) is 14.9 Å². The molecule has 7 heteroatoms. The van der Waals surface area contributed by atoms with Crippen molar-refractivity contribution in [3.05, 3.63) is 65.5 Å². The van der Waals surface area contributed by atoms with Crippen LogP contribution in [0.3, 0.4) is 0 Å². The summed E-state index contributed by atoms with van der Waals surface area (Å²) in [6.07, 6.45) is 4.75. The molecule has 0 aliphatic rings.